The Morgan fingerprint density at radius 2 is 1.80 bits per heavy atom. The highest BCUT2D eigenvalue weighted by Gasteiger charge is 3.05. The lowest BCUT2D eigenvalue weighted by atomic mass is 8.96. The normalized spacial score (nSPS) is 52.1. The van der Waals surface area contributed by atoms with Gasteiger partial charge < -0.3 is 15.4 Å². The molecule has 1 aliphatic heterocycles. The van der Waals surface area contributed by atoms with Crippen LogP contribution in [0.15, 0.2) is 24.3 Å². The Morgan fingerprint density at radius 1 is 1.16 bits per heavy atom. The summed E-state index contributed by atoms with van der Waals surface area (Å²) in [6.07, 6.45) is -1.24. The summed E-state index contributed by atoms with van der Waals surface area (Å²) in [5, 5.41) is 6.52. The van der Waals surface area contributed by atoms with Crippen molar-refractivity contribution in [1.29, 1.82) is 0 Å². The van der Waals surface area contributed by atoms with E-state index in [0.717, 1.165) is 47.0 Å². The van der Waals surface area contributed by atoms with E-state index < -0.39 is 12.2 Å². The van der Waals surface area contributed by atoms with Crippen molar-refractivity contribution in [2.45, 2.75) is 12.1 Å². The van der Waals surface area contributed by atoms with Crippen LogP contribution in [0.4, 0.5) is 4.79 Å². The molecule has 128 valence electrons. The van der Waals surface area contributed by atoms with Crippen molar-refractivity contribution < 1.29 is 14.3 Å². The topological polar surface area (TPSA) is 67.4 Å². The minimum absolute atomic E-state index is 0.0153. The largest absolute Gasteiger partial charge is 0.434 e. The first-order valence-electron chi connectivity index (χ1n) is 9.14. The number of hydrogen-bond donors (Lipinski definition) is 2. The van der Waals surface area contributed by atoms with Crippen LogP contribution in [0.5, 0.6) is 0 Å². The summed E-state index contributed by atoms with van der Waals surface area (Å²) in [6, 6.07) is 7.88. The van der Waals surface area contributed by atoms with Crippen LogP contribution in [0.2, 0.25) is 5.02 Å². The van der Waals surface area contributed by atoms with E-state index in [9.17, 15) is 9.59 Å². The molecule has 6 saturated carbocycles. The first kappa shape index (κ1) is 13.5. The number of hydrogen-bond acceptors (Lipinski definition) is 3. The van der Waals surface area contributed by atoms with Crippen LogP contribution in [0, 0.1) is 46.8 Å². The highest BCUT2D eigenvalue weighted by atomic mass is 35.5. The van der Waals surface area contributed by atoms with Crippen LogP contribution in [-0.2, 0) is 9.53 Å². The van der Waals surface area contributed by atoms with Crippen molar-refractivity contribution in [3.05, 3.63) is 34.9 Å². The van der Waals surface area contributed by atoms with Gasteiger partial charge in [-0.1, -0.05) is 23.7 Å². The van der Waals surface area contributed by atoms with Crippen LogP contribution < -0.4 is 10.6 Å². The predicted molar refractivity (Wildman–Crippen MR) is 87.5 cm³/mol. The summed E-state index contributed by atoms with van der Waals surface area (Å²) >= 11 is 6.06. The van der Waals surface area contributed by atoms with Crippen LogP contribution >= 0.6 is 11.6 Å². The van der Waals surface area contributed by atoms with Gasteiger partial charge in [0, 0.05) is 10.4 Å². The molecule has 0 aromatic heterocycles. The molecule has 7 fully saturated rings. The molecule has 0 radical (unpaired) electrons. The van der Waals surface area contributed by atoms with Crippen molar-refractivity contribution in [2.24, 2.45) is 46.8 Å². The second kappa shape index (κ2) is 3.83. The molecule has 1 saturated heterocycles. The van der Waals surface area contributed by atoms with Crippen LogP contribution in [0.1, 0.15) is 11.6 Å². The Labute approximate surface area is 149 Å². The van der Waals surface area contributed by atoms with Gasteiger partial charge in [0.2, 0.25) is 0 Å². The summed E-state index contributed by atoms with van der Waals surface area (Å²) in [5.74, 6) is 6.09. The minimum atomic E-state index is -0.727. The Kier molecular flexibility index (Phi) is 2.06. The van der Waals surface area contributed by atoms with E-state index in [4.69, 9.17) is 16.3 Å². The molecule has 7 aliphatic rings. The fourth-order valence-electron chi connectivity index (χ4n) is 8.02. The van der Waals surface area contributed by atoms with E-state index in [0.29, 0.717) is 5.02 Å². The van der Waals surface area contributed by atoms with Crippen LogP contribution in [0.25, 0.3) is 0 Å². The number of benzene rings is 1. The molecule has 0 bridgehead atoms. The SMILES string of the molecule is O=C1NC[C@@H](C(=O)NC(c2ccc(Cl)cc2)C23C4C5C6C4C2C6C53)O1. The highest BCUT2D eigenvalue weighted by Crippen LogP contribution is 3.07. The van der Waals surface area contributed by atoms with Crippen molar-refractivity contribution >= 4 is 23.6 Å². The molecule has 1 unspecified atom stereocenters. The molecule has 8 rings (SSSR count). The number of ether oxygens (including phenoxy) is 1. The second-order valence-electron chi connectivity index (χ2n) is 8.65. The molecule has 1 aromatic rings. The predicted octanol–water partition coefficient (Wildman–Crippen LogP) is 1.97. The monoisotopic (exact) mass is 356 g/mol. The fraction of sp³-hybridized carbons (Fsp3) is 0.579. The lowest BCUT2D eigenvalue weighted by Gasteiger charge is -3.08. The molecule has 0 spiro atoms. The molecular weight excluding hydrogens is 340 g/mol. The van der Waals surface area contributed by atoms with E-state index in [-0.39, 0.29) is 23.9 Å². The third kappa shape index (κ3) is 1.15. The maximum atomic E-state index is 12.7. The molecule has 1 heterocycles. The Balaban J connectivity index is 1.23. The molecular formula is C19H17ClN2O3. The molecule has 25 heavy (non-hydrogen) atoms. The van der Waals surface area contributed by atoms with E-state index in [1.165, 1.54) is 0 Å². The molecule has 5 nitrogen and oxygen atoms in total. The van der Waals surface area contributed by atoms with Crippen molar-refractivity contribution in [3.63, 3.8) is 0 Å². The first-order chi connectivity index (χ1) is 12.1. The highest BCUT2D eigenvalue weighted by molar-refractivity contribution is 6.30. The Morgan fingerprint density at radius 3 is 2.36 bits per heavy atom. The van der Waals surface area contributed by atoms with Crippen molar-refractivity contribution in [3.8, 4) is 0 Å². The average Bonchev–Trinajstić information content (AvgIpc) is 3.07. The van der Waals surface area contributed by atoms with Crippen LogP contribution in [-0.4, -0.2) is 24.6 Å². The van der Waals surface area contributed by atoms with Gasteiger partial charge in [0.1, 0.15) is 0 Å². The summed E-state index contributed by atoms with van der Waals surface area (Å²) in [6.45, 7) is 0.247. The lowest BCUT2D eigenvalue weighted by Crippen LogP contribution is -3.06. The number of cyclic esters (lactones) is 1. The van der Waals surface area contributed by atoms with Gasteiger partial charge in [0.15, 0.2) is 6.10 Å². The molecule has 2 amide bonds. The van der Waals surface area contributed by atoms with Gasteiger partial charge in [-0.15, -0.1) is 0 Å². The maximum absolute atomic E-state index is 12.7. The summed E-state index contributed by atoms with van der Waals surface area (Å²) in [4.78, 5) is 24.0. The minimum Gasteiger partial charge on any atom is -0.434 e. The molecule has 2 N–H and O–H groups in total. The van der Waals surface area contributed by atoms with Gasteiger partial charge in [-0.2, -0.15) is 0 Å². The number of halogens is 1. The van der Waals surface area contributed by atoms with E-state index in [1.807, 2.05) is 24.3 Å². The van der Waals surface area contributed by atoms with Gasteiger partial charge in [0.05, 0.1) is 12.6 Å². The zero-order chi connectivity index (χ0) is 16.7. The Bertz CT molecular complexity index is 802. The van der Waals surface area contributed by atoms with Gasteiger partial charge in [-0.05, 0) is 59.1 Å². The maximum Gasteiger partial charge on any atom is 0.408 e. The number of carbonyl (C=O) groups excluding carboxylic acids is 2. The third-order valence-electron chi connectivity index (χ3n) is 8.52. The molecule has 6 heteroatoms. The van der Waals surface area contributed by atoms with E-state index in [1.54, 1.807) is 0 Å². The third-order valence-corrected chi connectivity index (χ3v) is 8.77. The molecule has 6 aliphatic carbocycles. The van der Waals surface area contributed by atoms with Crippen LogP contribution in [0.3, 0.4) is 0 Å². The standard InChI is InChI=1S/C19H17ClN2O3/c20-7-3-1-6(2-4-7)16(22-17(23)8-5-21-18(24)25-8)19-13-10-9-11(13)15(19)12(9)14(10)19/h1-4,8-16H,5H2,(H,21,24)(H,22,23)/t8-,9?,10?,11?,12?,13?,14?,15?,16?,19?/m0/s1. The van der Waals surface area contributed by atoms with Gasteiger partial charge >= 0.3 is 6.09 Å². The number of nitrogens with one attached hydrogen (secondary N) is 2. The summed E-state index contributed by atoms with van der Waals surface area (Å²) in [7, 11) is 0. The quantitative estimate of drug-likeness (QED) is 0.866. The number of rotatable bonds is 4. The smallest absolute Gasteiger partial charge is 0.408 e. The lowest BCUT2D eigenvalue weighted by molar-refractivity contribution is -0.620. The number of alkyl carbamates (subject to hydrolysis) is 1. The zero-order valence-electron chi connectivity index (χ0n) is 13.3. The molecule has 1 aromatic carbocycles. The van der Waals surface area contributed by atoms with Crippen molar-refractivity contribution in [1.82, 2.24) is 10.6 Å². The van der Waals surface area contributed by atoms with Crippen molar-refractivity contribution in [2.75, 3.05) is 6.54 Å². The van der Waals surface area contributed by atoms with E-state index >= 15 is 0 Å². The molecule has 2 atom stereocenters. The number of carbonyl (C=O) groups is 2. The Hall–Kier alpha value is -1.75. The van der Waals surface area contributed by atoms with E-state index in [2.05, 4.69) is 10.6 Å². The second-order valence-corrected chi connectivity index (χ2v) is 9.09. The van der Waals surface area contributed by atoms with Gasteiger partial charge in [0.25, 0.3) is 5.91 Å². The van der Waals surface area contributed by atoms with Gasteiger partial charge in [-0.25, -0.2) is 4.79 Å². The summed E-state index contributed by atoms with van der Waals surface area (Å²) < 4.78 is 5.08. The fourth-order valence-corrected chi connectivity index (χ4v) is 8.15. The summed E-state index contributed by atoms with van der Waals surface area (Å²) in [5.41, 5.74) is 1.40. The zero-order valence-corrected chi connectivity index (χ0v) is 14.1. The number of amides is 2. The average molecular weight is 357 g/mol. The first-order valence-corrected chi connectivity index (χ1v) is 9.52. The van der Waals surface area contributed by atoms with Gasteiger partial charge in [-0.3, -0.25) is 4.79 Å².